The van der Waals surface area contributed by atoms with Crippen molar-refractivity contribution >= 4 is 11.6 Å². The second-order valence-electron chi connectivity index (χ2n) is 2.88. The van der Waals surface area contributed by atoms with Crippen LogP contribution in [0.5, 0.6) is 0 Å². The summed E-state index contributed by atoms with van der Waals surface area (Å²) >= 11 is 5.74. The van der Waals surface area contributed by atoms with Crippen molar-refractivity contribution in [1.29, 1.82) is 5.26 Å². The molecule has 1 aromatic carbocycles. The zero-order chi connectivity index (χ0) is 10.8. The lowest BCUT2D eigenvalue weighted by Crippen LogP contribution is -1.84. The smallest absolute Gasteiger partial charge is 0.210 e. The molecule has 0 bridgehead atoms. The molecule has 0 radical (unpaired) electrons. The predicted octanol–water partition coefficient (Wildman–Crippen LogP) is 2.74. The summed E-state index contributed by atoms with van der Waals surface area (Å²) in [6.07, 6.45) is 1.40. The van der Waals surface area contributed by atoms with Crippen LogP contribution >= 0.6 is 11.6 Å². The maximum absolute atomic E-state index is 13.4. The van der Waals surface area contributed by atoms with Crippen LogP contribution in [-0.4, -0.2) is 9.97 Å². The summed E-state index contributed by atoms with van der Waals surface area (Å²) in [4.78, 5) is 6.43. The summed E-state index contributed by atoms with van der Waals surface area (Å²) in [5, 5.41) is 8.99. The lowest BCUT2D eigenvalue weighted by molar-refractivity contribution is 0.631. The molecule has 0 fully saturated rings. The molecule has 2 rings (SSSR count). The summed E-state index contributed by atoms with van der Waals surface area (Å²) in [7, 11) is 0. The fourth-order valence-corrected chi connectivity index (χ4v) is 1.39. The van der Waals surface area contributed by atoms with E-state index in [1.807, 2.05) is 6.07 Å². The van der Waals surface area contributed by atoms with Crippen LogP contribution in [0.25, 0.3) is 11.3 Å². The van der Waals surface area contributed by atoms with Gasteiger partial charge in [0.2, 0.25) is 5.82 Å². The Morgan fingerprint density at radius 2 is 2.27 bits per heavy atom. The van der Waals surface area contributed by atoms with E-state index < -0.39 is 5.82 Å². The largest absolute Gasteiger partial charge is 0.329 e. The van der Waals surface area contributed by atoms with Crippen LogP contribution in [0, 0.1) is 17.1 Å². The first kappa shape index (κ1) is 9.69. The lowest BCUT2D eigenvalue weighted by Gasteiger charge is -1.99. The molecule has 0 aliphatic rings. The van der Waals surface area contributed by atoms with Gasteiger partial charge in [-0.3, -0.25) is 0 Å². The lowest BCUT2D eigenvalue weighted by atomic mass is 10.1. The van der Waals surface area contributed by atoms with Crippen molar-refractivity contribution in [2.24, 2.45) is 0 Å². The van der Waals surface area contributed by atoms with E-state index in [1.54, 1.807) is 0 Å². The van der Waals surface area contributed by atoms with Crippen molar-refractivity contribution in [3.8, 4) is 17.3 Å². The molecular formula is C10H5ClFN3. The van der Waals surface area contributed by atoms with Gasteiger partial charge in [0.05, 0.1) is 11.9 Å². The van der Waals surface area contributed by atoms with Crippen molar-refractivity contribution in [1.82, 2.24) is 9.97 Å². The number of benzene rings is 1. The highest BCUT2D eigenvalue weighted by Crippen LogP contribution is 2.24. The number of imidazole rings is 1. The minimum atomic E-state index is -0.410. The third-order valence-electron chi connectivity index (χ3n) is 1.90. The Bertz CT molecular complexity index is 542. The summed E-state index contributed by atoms with van der Waals surface area (Å²) in [5.41, 5.74) is 0.739. The first-order chi connectivity index (χ1) is 7.20. The van der Waals surface area contributed by atoms with Gasteiger partial charge in [-0.2, -0.15) is 5.26 Å². The molecule has 74 valence electrons. The summed E-state index contributed by atoms with van der Waals surface area (Å²) in [6, 6.07) is 6.04. The van der Waals surface area contributed by atoms with Gasteiger partial charge in [-0.1, -0.05) is 11.6 Å². The fourth-order valence-electron chi connectivity index (χ4n) is 1.22. The Hall–Kier alpha value is -1.86. The molecule has 0 spiro atoms. The van der Waals surface area contributed by atoms with E-state index in [0.29, 0.717) is 16.3 Å². The first-order valence-electron chi connectivity index (χ1n) is 4.11. The Morgan fingerprint density at radius 1 is 1.47 bits per heavy atom. The number of halogens is 2. The van der Waals surface area contributed by atoms with E-state index in [2.05, 4.69) is 9.97 Å². The van der Waals surface area contributed by atoms with Gasteiger partial charge in [-0.05, 0) is 18.2 Å². The van der Waals surface area contributed by atoms with Gasteiger partial charge >= 0.3 is 0 Å². The number of H-pyrrole nitrogens is 1. The molecule has 1 N–H and O–H groups in total. The molecule has 0 saturated heterocycles. The number of rotatable bonds is 1. The molecule has 5 heteroatoms. The average molecular weight is 222 g/mol. The standard InChI is InChI=1S/C10H5ClFN3/c11-6-1-2-8(12)7(3-6)9-5-14-10(4-13)15-9/h1-3,5H,(H,14,15). The van der Waals surface area contributed by atoms with E-state index >= 15 is 0 Å². The van der Waals surface area contributed by atoms with Crippen LogP contribution in [0.4, 0.5) is 4.39 Å². The van der Waals surface area contributed by atoms with Crippen molar-refractivity contribution < 1.29 is 4.39 Å². The predicted molar refractivity (Wildman–Crippen MR) is 53.7 cm³/mol. The summed E-state index contributed by atoms with van der Waals surface area (Å²) in [6.45, 7) is 0. The zero-order valence-electron chi connectivity index (χ0n) is 7.46. The highest BCUT2D eigenvalue weighted by Gasteiger charge is 2.08. The van der Waals surface area contributed by atoms with Crippen LogP contribution < -0.4 is 0 Å². The molecule has 0 aliphatic carbocycles. The Morgan fingerprint density at radius 3 is 2.93 bits per heavy atom. The normalized spacial score (nSPS) is 9.93. The van der Waals surface area contributed by atoms with E-state index in [0.717, 1.165) is 0 Å². The second kappa shape index (κ2) is 3.71. The molecule has 0 saturated carbocycles. The third-order valence-corrected chi connectivity index (χ3v) is 2.14. The summed E-state index contributed by atoms with van der Waals surface area (Å²) < 4.78 is 13.4. The Kier molecular flexibility index (Phi) is 2.40. The number of hydrogen-bond donors (Lipinski definition) is 1. The molecule has 0 atom stereocenters. The SMILES string of the molecule is N#Cc1ncc(-c2cc(Cl)ccc2F)[nH]1. The molecule has 0 unspecified atom stereocenters. The number of hydrogen-bond acceptors (Lipinski definition) is 2. The minimum Gasteiger partial charge on any atom is -0.329 e. The van der Waals surface area contributed by atoms with Crippen LogP contribution in [0.1, 0.15) is 5.82 Å². The quantitative estimate of drug-likeness (QED) is 0.805. The number of aromatic amines is 1. The Balaban J connectivity index is 2.54. The van der Waals surface area contributed by atoms with Gasteiger partial charge in [0.15, 0.2) is 0 Å². The average Bonchev–Trinajstić information content (AvgIpc) is 2.70. The molecule has 0 aliphatic heterocycles. The number of nitriles is 1. The van der Waals surface area contributed by atoms with Gasteiger partial charge in [-0.15, -0.1) is 0 Å². The van der Waals surface area contributed by atoms with Crippen LogP contribution in [0.3, 0.4) is 0 Å². The highest BCUT2D eigenvalue weighted by atomic mass is 35.5. The maximum Gasteiger partial charge on any atom is 0.210 e. The number of aromatic nitrogens is 2. The van der Waals surface area contributed by atoms with Gasteiger partial charge in [-0.25, -0.2) is 9.37 Å². The van der Waals surface area contributed by atoms with Crippen LogP contribution in [0.2, 0.25) is 5.02 Å². The van der Waals surface area contributed by atoms with Crippen molar-refractivity contribution in [3.63, 3.8) is 0 Å². The maximum atomic E-state index is 13.4. The van der Waals surface area contributed by atoms with Crippen molar-refractivity contribution in [3.05, 3.63) is 41.1 Å². The molecule has 15 heavy (non-hydrogen) atoms. The fraction of sp³-hybridized carbons (Fsp3) is 0. The third kappa shape index (κ3) is 1.83. The summed E-state index contributed by atoms with van der Waals surface area (Å²) in [5.74, 6) is -0.267. The van der Waals surface area contributed by atoms with Crippen LogP contribution in [0.15, 0.2) is 24.4 Å². The second-order valence-corrected chi connectivity index (χ2v) is 3.32. The molecule has 1 heterocycles. The van der Waals surface area contributed by atoms with Gasteiger partial charge in [0.25, 0.3) is 0 Å². The topological polar surface area (TPSA) is 52.5 Å². The minimum absolute atomic E-state index is 0.143. The molecular weight excluding hydrogens is 217 g/mol. The van der Waals surface area contributed by atoms with Gasteiger partial charge in [0, 0.05) is 10.6 Å². The zero-order valence-corrected chi connectivity index (χ0v) is 8.22. The van der Waals surface area contributed by atoms with Gasteiger partial charge in [0.1, 0.15) is 11.9 Å². The molecule has 0 amide bonds. The Labute approximate surface area is 90.1 Å². The molecule has 2 aromatic rings. The van der Waals surface area contributed by atoms with Gasteiger partial charge < -0.3 is 4.98 Å². The monoisotopic (exact) mass is 221 g/mol. The van der Waals surface area contributed by atoms with E-state index in [-0.39, 0.29) is 5.82 Å². The highest BCUT2D eigenvalue weighted by molar-refractivity contribution is 6.30. The first-order valence-corrected chi connectivity index (χ1v) is 4.49. The van der Waals surface area contributed by atoms with Crippen LogP contribution in [-0.2, 0) is 0 Å². The number of nitrogens with zero attached hydrogens (tertiary/aromatic N) is 2. The van der Waals surface area contributed by atoms with Crippen molar-refractivity contribution in [2.45, 2.75) is 0 Å². The number of nitrogens with one attached hydrogen (secondary N) is 1. The van der Waals surface area contributed by atoms with E-state index in [4.69, 9.17) is 16.9 Å². The molecule has 1 aromatic heterocycles. The van der Waals surface area contributed by atoms with Crippen molar-refractivity contribution in [2.75, 3.05) is 0 Å². The van der Waals surface area contributed by atoms with E-state index in [9.17, 15) is 4.39 Å². The van der Waals surface area contributed by atoms with E-state index in [1.165, 1.54) is 24.4 Å². The molecule has 3 nitrogen and oxygen atoms in total.